The van der Waals surface area contributed by atoms with Gasteiger partial charge in [-0.1, -0.05) is 0 Å². The number of hydrogen-bond acceptors (Lipinski definition) is 3. The molecule has 0 aliphatic carbocycles. The molecule has 8 heteroatoms. The molecular weight excluding hydrogens is 261 g/mol. The van der Waals surface area contributed by atoms with Gasteiger partial charge in [0.25, 0.3) is 0 Å². The lowest BCUT2D eigenvalue weighted by atomic mass is 10.0. The van der Waals surface area contributed by atoms with Crippen LogP contribution in [0.2, 0.25) is 0 Å². The van der Waals surface area contributed by atoms with Crippen molar-refractivity contribution in [2.24, 2.45) is 0 Å². The monoisotopic (exact) mass is 269 g/mol. The predicted octanol–water partition coefficient (Wildman–Crippen LogP) is 3.09. The zero-order valence-corrected chi connectivity index (χ0v) is 9.02. The summed E-state index contributed by atoms with van der Waals surface area (Å²) in [6.07, 6.45) is -4.95. The molecule has 1 aromatic rings. The number of hydrogen-bond donors (Lipinski definition) is 1. The molecule has 0 amide bonds. The minimum Gasteiger partial charge on any atom is -0.434 e. The van der Waals surface area contributed by atoms with Gasteiger partial charge in [-0.15, -0.1) is 0 Å². The van der Waals surface area contributed by atoms with Crippen LogP contribution in [0.1, 0.15) is 22.8 Å². The molecule has 3 nitrogen and oxygen atoms in total. The highest BCUT2D eigenvalue weighted by molar-refractivity contribution is 5.95. The molecular formula is C10H8F5NO2. The summed E-state index contributed by atoms with van der Waals surface area (Å²) >= 11 is 0. The number of carbonyl (C=O) groups excluding carboxylic acids is 1. The maximum Gasteiger partial charge on any atom is 0.421 e. The Morgan fingerprint density at radius 1 is 1.33 bits per heavy atom. The molecule has 0 heterocycles. The number of nitrogens with two attached hydrogens (primary N) is 1. The molecule has 1 rings (SSSR count). The Kier molecular flexibility index (Phi) is 3.78. The molecule has 2 N–H and O–H groups in total. The first-order valence-electron chi connectivity index (χ1n) is 4.59. The normalized spacial score (nSPS) is 11.7. The number of benzene rings is 1. The van der Waals surface area contributed by atoms with Gasteiger partial charge in [0.1, 0.15) is 11.3 Å². The zero-order chi connectivity index (χ0) is 14.1. The summed E-state index contributed by atoms with van der Waals surface area (Å²) in [7, 11) is 0. The third kappa shape index (κ3) is 3.08. The highest BCUT2D eigenvalue weighted by atomic mass is 19.4. The standard InChI is InChI=1S/C10H8F5NO2/c1-4(17)5-2-6(16)8(10(13,14)15)7(3-5)18-9(11)12/h2-3,9H,16H2,1H3. The van der Waals surface area contributed by atoms with Crippen LogP contribution in [-0.4, -0.2) is 12.4 Å². The van der Waals surface area contributed by atoms with Crippen molar-refractivity contribution >= 4 is 11.5 Å². The van der Waals surface area contributed by atoms with Crippen LogP contribution in [0, 0.1) is 0 Å². The minimum atomic E-state index is -4.95. The number of ketones is 1. The van der Waals surface area contributed by atoms with E-state index in [0.29, 0.717) is 6.07 Å². The molecule has 0 fully saturated rings. The van der Waals surface area contributed by atoms with Crippen LogP contribution in [-0.2, 0) is 6.18 Å². The molecule has 0 aromatic heterocycles. The topological polar surface area (TPSA) is 52.3 Å². The smallest absolute Gasteiger partial charge is 0.421 e. The number of rotatable bonds is 3. The van der Waals surface area contributed by atoms with Crippen molar-refractivity contribution in [3.63, 3.8) is 0 Å². The summed E-state index contributed by atoms with van der Waals surface area (Å²) in [6.45, 7) is -2.39. The lowest BCUT2D eigenvalue weighted by molar-refractivity contribution is -0.141. The summed E-state index contributed by atoms with van der Waals surface area (Å²) < 4.78 is 65.6. The fraction of sp³-hybridized carbons (Fsp3) is 0.300. The van der Waals surface area contributed by atoms with E-state index < -0.39 is 35.6 Å². The first kappa shape index (κ1) is 14.2. The molecule has 1 aromatic carbocycles. The van der Waals surface area contributed by atoms with E-state index in [1.54, 1.807) is 0 Å². The third-order valence-electron chi connectivity index (χ3n) is 2.04. The van der Waals surface area contributed by atoms with Gasteiger partial charge >= 0.3 is 12.8 Å². The molecule has 0 bridgehead atoms. The Hall–Kier alpha value is -1.86. The number of carbonyl (C=O) groups is 1. The highest BCUT2D eigenvalue weighted by Crippen LogP contribution is 2.41. The van der Waals surface area contributed by atoms with Crippen LogP contribution in [0.3, 0.4) is 0 Å². The maximum absolute atomic E-state index is 12.6. The summed E-state index contributed by atoms with van der Waals surface area (Å²) in [5.41, 5.74) is 2.52. The lowest BCUT2D eigenvalue weighted by Crippen LogP contribution is -2.15. The predicted molar refractivity (Wildman–Crippen MR) is 52.5 cm³/mol. The molecule has 0 aliphatic rings. The number of alkyl halides is 5. The van der Waals surface area contributed by atoms with Crippen molar-refractivity contribution in [3.8, 4) is 5.75 Å². The van der Waals surface area contributed by atoms with Gasteiger partial charge in [-0.05, 0) is 19.1 Å². The van der Waals surface area contributed by atoms with E-state index in [2.05, 4.69) is 4.74 Å². The lowest BCUT2D eigenvalue weighted by Gasteiger charge is -2.16. The van der Waals surface area contributed by atoms with Crippen LogP contribution in [0.15, 0.2) is 12.1 Å². The quantitative estimate of drug-likeness (QED) is 0.521. The summed E-state index contributed by atoms with van der Waals surface area (Å²) in [4.78, 5) is 11.0. The molecule has 18 heavy (non-hydrogen) atoms. The van der Waals surface area contributed by atoms with Gasteiger partial charge in [-0.3, -0.25) is 4.79 Å². The number of halogens is 5. The minimum absolute atomic E-state index is 0.240. The third-order valence-corrected chi connectivity index (χ3v) is 2.04. The second kappa shape index (κ2) is 4.79. The number of nitrogen functional groups attached to an aromatic ring is 1. The molecule has 100 valence electrons. The Morgan fingerprint density at radius 2 is 1.89 bits per heavy atom. The Bertz CT molecular complexity index is 470. The maximum atomic E-state index is 12.6. The van der Waals surface area contributed by atoms with E-state index in [1.165, 1.54) is 0 Å². The molecule has 0 atom stereocenters. The Morgan fingerprint density at radius 3 is 2.28 bits per heavy atom. The molecule has 0 spiro atoms. The number of ether oxygens (including phenoxy) is 1. The summed E-state index contributed by atoms with van der Waals surface area (Å²) in [5, 5.41) is 0. The largest absolute Gasteiger partial charge is 0.434 e. The van der Waals surface area contributed by atoms with Gasteiger partial charge in [0.15, 0.2) is 5.78 Å². The van der Waals surface area contributed by atoms with Gasteiger partial charge in [0, 0.05) is 11.3 Å². The van der Waals surface area contributed by atoms with E-state index in [0.717, 1.165) is 13.0 Å². The van der Waals surface area contributed by atoms with Gasteiger partial charge in [-0.2, -0.15) is 22.0 Å². The van der Waals surface area contributed by atoms with E-state index in [1.807, 2.05) is 0 Å². The fourth-order valence-electron chi connectivity index (χ4n) is 1.33. The second-order valence-corrected chi connectivity index (χ2v) is 3.37. The van der Waals surface area contributed by atoms with Crippen molar-refractivity contribution < 1.29 is 31.5 Å². The Labute approximate surface area is 98.3 Å². The number of anilines is 1. The molecule has 0 saturated heterocycles. The van der Waals surface area contributed by atoms with E-state index >= 15 is 0 Å². The zero-order valence-electron chi connectivity index (χ0n) is 9.02. The van der Waals surface area contributed by atoms with E-state index in [-0.39, 0.29) is 5.56 Å². The second-order valence-electron chi connectivity index (χ2n) is 3.37. The highest BCUT2D eigenvalue weighted by Gasteiger charge is 2.38. The van der Waals surface area contributed by atoms with E-state index in [9.17, 15) is 26.7 Å². The average molecular weight is 269 g/mol. The van der Waals surface area contributed by atoms with Gasteiger partial charge in [-0.25, -0.2) is 0 Å². The molecule has 0 unspecified atom stereocenters. The van der Waals surface area contributed by atoms with Crippen molar-refractivity contribution in [1.29, 1.82) is 0 Å². The van der Waals surface area contributed by atoms with Crippen LogP contribution in [0.25, 0.3) is 0 Å². The van der Waals surface area contributed by atoms with Crippen LogP contribution < -0.4 is 10.5 Å². The SMILES string of the molecule is CC(=O)c1cc(N)c(C(F)(F)F)c(OC(F)F)c1. The first-order chi connectivity index (χ1) is 8.12. The van der Waals surface area contributed by atoms with Crippen molar-refractivity contribution in [3.05, 3.63) is 23.3 Å². The Balaban J connectivity index is 3.45. The van der Waals surface area contributed by atoms with Crippen LogP contribution in [0.4, 0.5) is 27.6 Å². The van der Waals surface area contributed by atoms with Crippen LogP contribution in [0.5, 0.6) is 5.75 Å². The van der Waals surface area contributed by atoms with E-state index in [4.69, 9.17) is 5.73 Å². The summed E-state index contributed by atoms with van der Waals surface area (Å²) in [6, 6.07) is 1.36. The molecule has 0 aliphatic heterocycles. The van der Waals surface area contributed by atoms with Crippen molar-refractivity contribution in [1.82, 2.24) is 0 Å². The van der Waals surface area contributed by atoms with Gasteiger partial charge < -0.3 is 10.5 Å². The molecule has 0 saturated carbocycles. The van der Waals surface area contributed by atoms with Crippen LogP contribution >= 0.6 is 0 Å². The van der Waals surface area contributed by atoms with Gasteiger partial charge in [0.2, 0.25) is 0 Å². The molecule has 0 radical (unpaired) electrons. The number of Topliss-reactive ketones (excluding diaryl/α,β-unsaturated/α-hetero) is 1. The van der Waals surface area contributed by atoms with Gasteiger partial charge in [0.05, 0.1) is 0 Å². The fourth-order valence-corrected chi connectivity index (χ4v) is 1.33. The summed E-state index contributed by atoms with van der Waals surface area (Å²) in [5.74, 6) is -1.78. The van der Waals surface area contributed by atoms with Crippen molar-refractivity contribution in [2.45, 2.75) is 19.7 Å². The average Bonchev–Trinajstić information content (AvgIpc) is 2.12. The van der Waals surface area contributed by atoms with Crippen molar-refractivity contribution in [2.75, 3.05) is 5.73 Å². The first-order valence-corrected chi connectivity index (χ1v) is 4.59.